The van der Waals surface area contributed by atoms with Crippen molar-refractivity contribution in [1.29, 1.82) is 0 Å². The summed E-state index contributed by atoms with van der Waals surface area (Å²) in [7, 11) is -4.45. The smallest absolute Gasteiger partial charge is 0.403 e. The Bertz CT molecular complexity index is 741. The monoisotopic (exact) mass is 380 g/mol. The molecule has 0 aromatic carbocycles. The highest BCUT2D eigenvalue weighted by Crippen LogP contribution is 2.38. The first-order valence-corrected chi connectivity index (χ1v) is 8.49. The summed E-state index contributed by atoms with van der Waals surface area (Å²) < 4.78 is 22.4. The number of aliphatic carboxylic acids is 1. The molecule has 25 heavy (non-hydrogen) atoms. The van der Waals surface area contributed by atoms with Crippen molar-refractivity contribution in [3.8, 4) is 0 Å². The molecule has 14 heteroatoms. The van der Waals surface area contributed by atoms with Crippen LogP contribution in [0.2, 0.25) is 0 Å². The van der Waals surface area contributed by atoms with Gasteiger partial charge in [-0.3, -0.25) is 13.9 Å². The van der Waals surface area contributed by atoms with E-state index < -0.39 is 57.1 Å². The molecule has 13 nitrogen and oxygen atoms in total. The molecule has 0 bridgehead atoms. The van der Waals surface area contributed by atoms with Crippen LogP contribution in [0.4, 0.5) is 5.82 Å². The number of nitrogens with zero attached hydrogens (tertiary/aromatic N) is 2. The molecule has 0 spiro atoms. The van der Waals surface area contributed by atoms with Gasteiger partial charge in [-0.15, -0.1) is 0 Å². The summed E-state index contributed by atoms with van der Waals surface area (Å²) in [6.07, 6.45) is -4.43. The van der Waals surface area contributed by atoms with E-state index in [2.05, 4.69) is 9.51 Å². The van der Waals surface area contributed by atoms with Crippen molar-refractivity contribution in [1.82, 2.24) is 14.6 Å². The molecule has 5 unspecified atom stereocenters. The number of aliphatic hydroxyl groups excluding tert-OH is 2. The van der Waals surface area contributed by atoms with Gasteiger partial charge in [0.05, 0.1) is 6.61 Å². The molecule has 1 aliphatic rings. The van der Waals surface area contributed by atoms with Crippen LogP contribution in [0.3, 0.4) is 0 Å². The summed E-state index contributed by atoms with van der Waals surface area (Å²) in [5.74, 6) is -1.42. The van der Waals surface area contributed by atoms with Gasteiger partial charge >= 0.3 is 19.4 Å². The Morgan fingerprint density at radius 3 is 2.76 bits per heavy atom. The summed E-state index contributed by atoms with van der Waals surface area (Å²) in [6, 6.07) is 1.28. The number of anilines is 1. The molecule has 0 saturated carbocycles. The molecule has 1 fully saturated rings. The highest BCUT2D eigenvalue weighted by atomic mass is 31.2. The van der Waals surface area contributed by atoms with Crippen molar-refractivity contribution >= 4 is 19.5 Å². The van der Waals surface area contributed by atoms with E-state index in [1.807, 2.05) is 0 Å². The van der Waals surface area contributed by atoms with Gasteiger partial charge in [-0.05, 0) is 6.07 Å². The topological polar surface area (TPSA) is 206 Å². The third kappa shape index (κ3) is 4.83. The Labute approximate surface area is 140 Å². The van der Waals surface area contributed by atoms with Crippen LogP contribution < -0.4 is 16.5 Å². The number of nitrogens with one attached hydrogen (secondary N) is 1. The molecule has 7 N–H and O–H groups in total. The summed E-state index contributed by atoms with van der Waals surface area (Å²) in [4.78, 5) is 35.0. The highest BCUT2D eigenvalue weighted by molar-refractivity contribution is 7.50. The van der Waals surface area contributed by atoms with Crippen LogP contribution >= 0.6 is 7.75 Å². The van der Waals surface area contributed by atoms with Gasteiger partial charge in [0, 0.05) is 6.20 Å². The first kappa shape index (κ1) is 19.5. The van der Waals surface area contributed by atoms with Crippen LogP contribution in [0.1, 0.15) is 6.23 Å². The van der Waals surface area contributed by atoms with E-state index in [9.17, 15) is 29.3 Å². The minimum absolute atomic E-state index is 0.0418. The maximum atomic E-state index is 11.8. The van der Waals surface area contributed by atoms with Crippen molar-refractivity contribution in [2.45, 2.75) is 24.5 Å². The normalized spacial score (nSPS) is 28.6. The van der Waals surface area contributed by atoms with E-state index in [-0.39, 0.29) is 5.82 Å². The number of nitrogen functional groups attached to an aromatic ring is 1. The standard InChI is InChI=1S/C11H17N4O9P/c12-6-1-2-15(11(20)14-6)10-9(19)8(18)5(24-10)4-23-25(21,22)13-3-7(16)17/h1-2,5,8-10,18-19H,3-4H2,(H,16,17)(H2,12,14,20)(H2,13,21,22). The van der Waals surface area contributed by atoms with E-state index in [0.29, 0.717) is 0 Å². The van der Waals surface area contributed by atoms with E-state index in [1.165, 1.54) is 12.3 Å². The molecule has 140 valence electrons. The number of aliphatic hydroxyl groups is 2. The molecule has 0 radical (unpaired) electrons. The second-order valence-corrected chi connectivity index (χ2v) is 6.75. The summed E-state index contributed by atoms with van der Waals surface area (Å²) >= 11 is 0. The van der Waals surface area contributed by atoms with Gasteiger partial charge in [0.2, 0.25) is 0 Å². The highest BCUT2D eigenvalue weighted by Gasteiger charge is 2.45. The molecule has 2 rings (SSSR count). The maximum absolute atomic E-state index is 11.8. The number of ether oxygens (including phenoxy) is 1. The van der Waals surface area contributed by atoms with E-state index in [0.717, 1.165) is 4.57 Å². The molecule has 5 atom stereocenters. The van der Waals surface area contributed by atoms with Gasteiger partial charge in [-0.1, -0.05) is 0 Å². The first-order chi connectivity index (χ1) is 11.6. The van der Waals surface area contributed by atoms with Gasteiger partial charge in [-0.25, -0.2) is 14.4 Å². The number of rotatable bonds is 7. The Morgan fingerprint density at radius 2 is 2.16 bits per heavy atom. The average molecular weight is 380 g/mol. The molecule has 1 saturated heterocycles. The Balaban J connectivity index is 2.03. The molecule has 1 aromatic rings. The van der Waals surface area contributed by atoms with Gasteiger partial charge in [0.15, 0.2) is 6.23 Å². The van der Waals surface area contributed by atoms with Crippen LogP contribution in [0.25, 0.3) is 0 Å². The number of hydrogen-bond donors (Lipinski definition) is 6. The van der Waals surface area contributed by atoms with Crippen LogP contribution in [-0.4, -0.2) is 67.2 Å². The predicted molar refractivity (Wildman–Crippen MR) is 80.2 cm³/mol. The number of carboxylic acids is 1. The molecule has 1 aromatic heterocycles. The Hall–Kier alpha value is -1.86. The van der Waals surface area contributed by atoms with Gasteiger partial charge in [0.25, 0.3) is 0 Å². The van der Waals surface area contributed by atoms with Gasteiger partial charge in [0.1, 0.15) is 30.7 Å². The van der Waals surface area contributed by atoms with Crippen LogP contribution in [0.5, 0.6) is 0 Å². The first-order valence-electron chi connectivity index (χ1n) is 6.91. The zero-order valence-electron chi connectivity index (χ0n) is 12.6. The van der Waals surface area contributed by atoms with Crippen molar-refractivity contribution < 1.29 is 38.8 Å². The number of carbonyl (C=O) groups is 1. The van der Waals surface area contributed by atoms with Crippen molar-refractivity contribution in [3.63, 3.8) is 0 Å². The average Bonchev–Trinajstić information content (AvgIpc) is 2.80. The third-order valence-corrected chi connectivity index (χ3v) is 4.36. The fraction of sp³-hybridized carbons (Fsp3) is 0.545. The fourth-order valence-corrected chi connectivity index (χ4v) is 2.88. The lowest BCUT2D eigenvalue weighted by atomic mass is 10.1. The molecular formula is C11H17N4O9P. The molecule has 0 aliphatic carbocycles. The van der Waals surface area contributed by atoms with Crippen molar-refractivity contribution in [2.75, 3.05) is 18.9 Å². The molecule has 2 heterocycles. The molecule has 1 aliphatic heterocycles. The second-order valence-electron chi connectivity index (χ2n) is 5.13. The van der Waals surface area contributed by atoms with E-state index in [4.69, 9.17) is 15.6 Å². The summed E-state index contributed by atoms with van der Waals surface area (Å²) in [6.45, 7) is -1.47. The Morgan fingerprint density at radius 1 is 1.48 bits per heavy atom. The minimum atomic E-state index is -4.45. The SMILES string of the molecule is Nc1ccn(C2OC(COP(=O)(O)NCC(=O)O)C(O)C2O)c(=O)n1. The lowest BCUT2D eigenvalue weighted by molar-refractivity contribution is -0.135. The van der Waals surface area contributed by atoms with Crippen molar-refractivity contribution in [3.05, 3.63) is 22.7 Å². The quantitative estimate of drug-likeness (QED) is 0.266. The summed E-state index contributed by atoms with van der Waals surface area (Å²) in [5.41, 5.74) is 4.53. The second kappa shape index (κ2) is 7.58. The zero-order valence-corrected chi connectivity index (χ0v) is 13.5. The largest absolute Gasteiger partial charge is 0.480 e. The lowest BCUT2D eigenvalue weighted by Gasteiger charge is -2.18. The van der Waals surface area contributed by atoms with Gasteiger partial charge in [-0.2, -0.15) is 4.98 Å². The fourth-order valence-electron chi connectivity index (χ4n) is 2.10. The van der Waals surface area contributed by atoms with Crippen LogP contribution in [0.15, 0.2) is 17.1 Å². The number of carboxylic acid groups (broad SMARTS) is 1. The summed E-state index contributed by atoms with van der Waals surface area (Å²) in [5, 5.41) is 30.2. The minimum Gasteiger partial charge on any atom is -0.480 e. The Kier molecular flexibility index (Phi) is 5.90. The number of hydrogen-bond acceptors (Lipinski definition) is 9. The van der Waals surface area contributed by atoms with Crippen LogP contribution in [-0.2, 0) is 18.6 Å². The van der Waals surface area contributed by atoms with Gasteiger partial charge < -0.3 is 30.7 Å². The zero-order chi connectivity index (χ0) is 18.8. The third-order valence-electron chi connectivity index (χ3n) is 3.31. The van der Waals surface area contributed by atoms with Crippen molar-refractivity contribution in [2.24, 2.45) is 0 Å². The van der Waals surface area contributed by atoms with E-state index >= 15 is 0 Å². The van der Waals surface area contributed by atoms with Crippen LogP contribution in [0, 0.1) is 0 Å². The lowest BCUT2D eigenvalue weighted by Crippen LogP contribution is -2.36. The molecular weight excluding hydrogens is 363 g/mol. The number of nitrogens with two attached hydrogens (primary N) is 1. The predicted octanol–water partition coefficient (Wildman–Crippen LogP) is -2.76. The van der Waals surface area contributed by atoms with E-state index in [1.54, 1.807) is 5.09 Å². The number of aromatic nitrogens is 2. The maximum Gasteiger partial charge on any atom is 0.403 e. The molecule has 0 amide bonds.